The number of hydrogen-bond donors (Lipinski definition) is 2. The molecular formula is C6H13BO2. The van der Waals surface area contributed by atoms with Gasteiger partial charge in [0.1, 0.15) is 0 Å². The maximum absolute atomic E-state index is 8.66. The fourth-order valence-electron chi connectivity index (χ4n) is 1.57. The van der Waals surface area contributed by atoms with E-state index in [0.717, 1.165) is 12.8 Å². The van der Waals surface area contributed by atoms with Crippen molar-refractivity contribution in [1.29, 1.82) is 0 Å². The van der Waals surface area contributed by atoms with E-state index in [2.05, 4.69) is 13.8 Å². The Labute approximate surface area is 56.0 Å². The SMILES string of the molecule is CC1(C)CC(B(O)O)C1. The third kappa shape index (κ3) is 1.46. The summed E-state index contributed by atoms with van der Waals surface area (Å²) < 4.78 is 0. The van der Waals surface area contributed by atoms with Gasteiger partial charge >= 0.3 is 7.12 Å². The Balaban J connectivity index is 2.27. The molecule has 1 saturated carbocycles. The van der Waals surface area contributed by atoms with Crippen molar-refractivity contribution in [3.63, 3.8) is 0 Å². The molecule has 52 valence electrons. The van der Waals surface area contributed by atoms with Crippen molar-refractivity contribution in [1.82, 2.24) is 0 Å². The van der Waals surface area contributed by atoms with Crippen LogP contribution in [0.3, 0.4) is 0 Å². The van der Waals surface area contributed by atoms with Crippen LogP contribution in [0.2, 0.25) is 5.82 Å². The van der Waals surface area contributed by atoms with Crippen LogP contribution in [0.4, 0.5) is 0 Å². The summed E-state index contributed by atoms with van der Waals surface area (Å²) in [6.45, 7) is 4.29. The van der Waals surface area contributed by atoms with Gasteiger partial charge in [-0.1, -0.05) is 13.8 Å². The van der Waals surface area contributed by atoms with Crippen molar-refractivity contribution in [3.05, 3.63) is 0 Å². The summed E-state index contributed by atoms with van der Waals surface area (Å²) in [4.78, 5) is 0. The van der Waals surface area contributed by atoms with Gasteiger partial charge in [0.25, 0.3) is 0 Å². The largest absolute Gasteiger partial charge is 0.454 e. The fraction of sp³-hybridized carbons (Fsp3) is 1.00. The molecule has 0 aromatic carbocycles. The molecule has 0 heterocycles. The molecular weight excluding hydrogens is 115 g/mol. The van der Waals surface area contributed by atoms with Crippen LogP contribution in [-0.4, -0.2) is 17.2 Å². The number of hydrogen-bond acceptors (Lipinski definition) is 2. The Morgan fingerprint density at radius 3 is 1.89 bits per heavy atom. The lowest BCUT2D eigenvalue weighted by molar-refractivity contribution is 0.162. The van der Waals surface area contributed by atoms with Crippen LogP contribution >= 0.6 is 0 Å². The molecule has 1 rings (SSSR count). The first kappa shape index (κ1) is 7.10. The van der Waals surface area contributed by atoms with Crippen LogP contribution in [0.1, 0.15) is 26.7 Å². The summed E-state index contributed by atoms with van der Waals surface area (Å²) in [5, 5.41) is 17.3. The van der Waals surface area contributed by atoms with Crippen LogP contribution < -0.4 is 0 Å². The minimum atomic E-state index is -1.09. The van der Waals surface area contributed by atoms with Gasteiger partial charge in [-0.3, -0.25) is 0 Å². The molecule has 1 aliphatic carbocycles. The van der Waals surface area contributed by atoms with E-state index in [1.807, 2.05) is 0 Å². The van der Waals surface area contributed by atoms with Crippen LogP contribution in [0.5, 0.6) is 0 Å². The lowest BCUT2D eigenvalue weighted by Crippen LogP contribution is -2.37. The quantitative estimate of drug-likeness (QED) is 0.509. The third-order valence-electron chi connectivity index (χ3n) is 2.05. The van der Waals surface area contributed by atoms with Gasteiger partial charge in [0, 0.05) is 0 Å². The van der Waals surface area contributed by atoms with E-state index in [1.54, 1.807) is 0 Å². The molecule has 1 aliphatic rings. The highest BCUT2D eigenvalue weighted by Gasteiger charge is 2.42. The van der Waals surface area contributed by atoms with Crippen molar-refractivity contribution >= 4 is 7.12 Å². The molecule has 0 bridgehead atoms. The van der Waals surface area contributed by atoms with Gasteiger partial charge < -0.3 is 10.0 Å². The van der Waals surface area contributed by atoms with Gasteiger partial charge in [-0.05, 0) is 24.1 Å². The topological polar surface area (TPSA) is 40.5 Å². The van der Waals surface area contributed by atoms with Crippen molar-refractivity contribution < 1.29 is 10.0 Å². The van der Waals surface area contributed by atoms with E-state index < -0.39 is 7.12 Å². The average molecular weight is 128 g/mol. The second-order valence-corrected chi connectivity index (χ2v) is 3.75. The van der Waals surface area contributed by atoms with E-state index in [4.69, 9.17) is 10.0 Å². The van der Waals surface area contributed by atoms with Gasteiger partial charge in [0.05, 0.1) is 0 Å². The molecule has 0 saturated heterocycles. The monoisotopic (exact) mass is 128 g/mol. The van der Waals surface area contributed by atoms with Gasteiger partial charge in [-0.2, -0.15) is 0 Å². The maximum Gasteiger partial charge on any atom is 0.454 e. The smallest absolute Gasteiger partial charge is 0.427 e. The van der Waals surface area contributed by atoms with E-state index >= 15 is 0 Å². The van der Waals surface area contributed by atoms with Crippen molar-refractivity contribution in [2.75, 3.05) is 0 Å². The van der Waals surface area contributed by atoms with Gasteiger partial charge in [-0.25, -0.2) is 0 Å². The second kappa shape index (κ2) is 1.99. The molecule has 0 unspecified atom stereocenters. The maximum atomic E-state index is 8.66. The lowest BCUT2D eigenvalue weighted by Gasteiger charge is -2.42. The molecule has 9 heavy (non-hydrogen) atoms. The molecule has 3 heteroatoms. The van der Waals surface area contributed by atoms with Gasteiger partial charge in [-0.15, -0.1) is 0 Å². The highest BCUT2D eigenvalue weighted by molar-refractivity contribution is 6.43. The van der Waals surface area contributed by atoms with E-state index in [9.17, 15) is 0 Å². The highest BCUT2D eigenvalue weighted by atomic mass is 16.4. The summed E-state index contributed by atoms with van der Waals surface area (Å²) in [6.07, 6.45) is 1.90. The Hall–Kier alpha value is -0.0151. The highest BCUT2D eigenvalue weighted by Crippen LogP contribution is 2.49. The Bertz CT molecular complexity index is 104. The van der Waals surface area contributed by atoms with Gasteiger partial charge in [0.15, 0.2) is 0 Å². The molecule has 0 radical (unpaired) electrons. The first-order valence-electron chi connectivity index (χ1n) is 3.37. The van der Waals surface area contributed by atoms with E-state index in [1.165, 1.54) is 0 Å². The molecule has 0 aromatic rings. The fourth-order valence-corrected chi connectivity index (χ4v) is 1.57. The molecule has 1 fully saturated rings. The summed E-state index contributed by atoms with van der Waals surface area (Å²) in [5.41, 5.74) is 0.356. The van der Waals surface area contributed by atoms with E-state index in [0.29, 0.717) is 5.41 Å². The molecule has 2 N–H and O–H groups in total. The Kier molecular flexibility index (Phi) is 1.57. The summed E-state index contributed by atoms with van der Waals surface area (Å²) >= 11 is 0. The first-order valence-corrected chi connectivity index (χ1v) is 3.37. The Morgan fingerprint density at radius 1 is 1.33 bits per heavy atom. The molecule has 0 aromatic heterocycles. The second-order valence-electron chi connectivity index (χ2n) is 3.75. The molecule has 2 nitrogen and oxygen atoms in total. The standard InChI is InChI=1S/C6H13BO2/c1-6(2)3-5(4-6)7(8)9/h5,8-9H,3-4H2,1-2H3. The van der Waals surface area contributed by atoms with Crippen molar-refractivity contribution in [2.45, 2.75) is 32.5 Å². The number of rotatable bonds is 1. The molecule has 0 aliphatic heterocycles. The zero-order valence-corrected chi connectivity index (χ0v) is 5.96. The molecule has 0 amide bonds. The Morgan fingerprint density at radius 2 is 1.78 bits per heavy atom. The summed E-state index contributed by atoms with van der Waals surface area (Å²) in [7, 11) is -1.09. The van der Waals surface area contributed by atoms with Crippen molar-refractivity contribution in [3.8, 4) is 0 Å². The predicted molar refractivity (Wildman–Crippen MR) is 37.0 cm³/mol. The minimum absolute atomic E-state index is 0.139. The lowest BCUT2D eigenvalue weighted by atomic mass is 9.51. The van der Waals surface area contributed by atoms with Gasteiger partial charge in [0.2, 0.25) is 0 Å². The van der Waals surface area contributed by atoms with Crippen molar-refractivity contribution in [2.24, 2.45) is 5.41 Å². The first-order chi connectivity index (χ1) is 4.01. The minimum Gasteiger partial charge on any atom is -0.427 e. The molecule has 0 atom stereocenters. The molecule has 0 spiro atoms. The normalized spacial score (nSPS) is 25.3. The predicted octanol–water partition coefficient (Wildman–Crippen LogP) is 0.649. The summed E-state index contributed by atoms with van der Waals surface area (Å²) in [6, 6.07) is 0. The third-order valence-corrected chi connectivity index (χ3v) is 2.05. The van der Waals surface area contributed by atoms with Crippen LogP contribution in [0.15, 0.2) is 0 Å². The van der Waals surface area contributed by atoms with Crippen LogP contribution in [-0.2, 0) is 0 Å². The average Bonchev–Trinajstić information content (AvgIpc) is 1.59. The van der Waals surface area contributed by atoms with E-state index in [-0.39, 0.29) is 5.82 Å². The van der Waals surface area contributed by atoms with Crippen LogP contribution in [0, 0.1) is 5.41 Å². The summed E-state index contributed by atoms with van der Waals surface area (Å²) in [5.74, 6) is 0.139. The zero-order valence-electron chi connectivity index (χ0n) is 5.96. The van der Waals surface area contributed by atoms with Crippen LogP contribution in [0.25, 0.3) is 0 Å². The zero-order chi connectivity index (χ0) is 7.07.